The van der Waals surface area contributed by atoms with Crippen molar-refractivity contribution in [1.82, 2.24) is 5.32 Å². The van der Waals surface area contributed by atoms with Gasteiger partial charge in [-0.1, -0.05) is 12.1 Å². The largest absolute Gasteiger partial charge is 0.481 e. The van der Waals surface area contributed by atoms with Crippen LogP contribution in [0.4, 0.5) is 0 Å². The molecule has 0 aliphatic heterocycles. The monoisotopic (exact) mass is 275 g/mol. The fraction of sp³-hybridized carbons (Fsp3) is 0.588. The van der Waals surface area contributed by atoms with Gasteiger partial charge in [0, 0.05) is 5.54 Å². The van der Waals surface area contributed by atoms with Crippen LogP contribution in [0.2, 0.25) is 0 Å². The van der Waals surface area contributed by atoms with E-state index < -0.39 is 6.10 Å². The molecular formula is C17H25NO2. The number of rotatable bonds is 3. The van der Waals surface area contributed by atoms with Crippen LogP contribution in [-0.2, 0) is 17.6 Å². The maximum Gasteiger partial charge on any atom is 0.261 e. The van der Waals surface area contributed by atoms with Gasteiger partial charge >= 0.3 is 0 Å². The van der Waals surface area contributed by atoms with Crippen molar-refractivity contribution in [2.75, 3.05) is 0 Å². The van der Waals surface area contributed by atoms with Gasteiger partial charge in [-0.15, -0.1) is 0 Å². The highest BCUT2D eigenvalue weighted by atomic mass is 16.5. The smallest absolute Gasteiger partial charge is 0.261 e. The molecule has 0 aromatic heterocycles. The van der Waals surface area contributed by atoms with E-state index in [1.54, 1.807) is 0 Å². The Kier molecular flexibility index (Phi) is 4.36. The van der Waals surface area contributed by atoms with Crippen LogP contribution in [-0.4, -0.2) is 17.6 Å². The number of benzene rings is 1. The highest BCUT2D eigenvalue weighted by molar-refractivity contribution is 5.81. The third-order valence-electron chi connectivity index (χ3n) is 3.52. The number of hydrogen-bond acceptors (Lipinski definition) is 2. The highest BCUT2D eigenvalue weighted by Gasteiger charge is 2.22. The van der Waals surface area contributed by atoms with E-state index in [9.17, 15) is 4.79 Å². The fourth-order valence-corrected chi connectivity index (χ4v) is 2.57. The van der Waals surface area contributed by atoms with Crippen LogP contribution < -0.4 is 10.1 Å². The third-order valence-corrected chi connectivity index (χ3v) is 3.52. The van der Waals surface area contributed by atoms with E-state index in [-0.39, 0.29) is 11.4 Å². The van der Waals surface area contributed by atoms with Gasteiger partial charge in [0.15, 0.2) is 6.10 Å². The van der Waals surface area contributed by atoms with Gasteiger partial charge in [-0.2, -0.15) is 0 Å². The van der Waals surface area contributed by atoms with Crippen LogP contribution in [0.15, 0.2) is 18.2 Å². The number of fused-ring (bicyclic) bond motifs is 1. The predicted molar refractivity (Wildman–Crippen MR) is 81.1 cm³/mol. The molecule has 3 nitrogen and oxygen atoms in total. The van der Waals surface area contributed by atoms with E-state index in [0.29, 0.717) is 0 Å². The molecule has 20 heavy (non-hydrogen) atoms. The minimum atomic E-state index is -0.470. The van der Waals surface area contributed by atoms with Crippen LogP contribution in [0.1, 0.15) is 51.7 Å². The minimum Gasteiger partial charge on any atom is -0.481 e. The second-order valence-corrected chi connectivity index (χ2v) is 6.60. The minimum absolute atomic E-state index is 0.0640. The summed E-state index contributed by atoms with van der Waals surface area (Å²) in [4.78, 5) is 12.1. The molecule has 1 N–H and O–H groups in total. The molecule has 3 heteroatoms. The van der Waals surface area contributed by atoms with Gasteiger partial charge in [-0.25, -0.2) is 0 Å². The zero-order chi connectivity index (χ0) is 14.8. The van der Waals surface area contributed by atoms with Gasteiger partial charge in [0.05, 0.1) is 0 Å². The first-order valence-electron chi connectivity index (χ1n) is 7.46. The maximum absolute atomic E-state index is 12.1. The van der Waals surface area contributed by atoms with Crippen LogP contribution in [0, 0.1) is 0 Å². The van der Waals surface area contributed by atoms with Gasteiger partial charge < -0.3 is 10.1 Å². The fourth-order valence-electron chi connectivity index (χ4n) is 2.57. The lowest BCUT2D eigenvalue weighted by Gasteiger charge is -2.25. The first kappa shape index (κ1) is 14.9. The van der Waals surface area contributed by atoms with E-state index in [4.69, 9.17) is 4.74 Å². The second kappa shape index (κ2) is 5.86. The third kappa shape index (κ3) is 3.75. The summed E-state index contributed by atoms with van der Waals surface area (Å²) in [6.45, 7) is 7.73. The summed E-state index contributed by atoms with van der Waals surface area (Å²) in [5.74, 6) is 0.810. The number of ether oxygens (including phenoxy) is 1. The lowest BCUT2D eigenvalue weighted by atomic mass is 9.91. The molecule has 0 saturated heterocycles. The van der Waals surface area contributed by atoms with Crippen molar-refractivity contribution in [3.05, 3.63) is 29.3 Å². The summed E-state index contributed by atoms with van der Waals surface area (Å²) in [7, 11) is 0. The number of aryl methyl sites for hydroxylation is 1. The lowest BCUT2D eigenvalue weighted by Crippen LogP contribution is -2.46. The summed E-state index contributed by atoms with van der Waals surface area (Å²) in [5, 5.41) is 2.96. The molecule has 1 atom stereocenters. The Morgan fingerprint density at radius 3 is 2.65 bits per heavy atom. The van der Waals surface area contributed by atoms with E-state index in [1.807, 2.05) is 39.8 Å². The second-order valence-electron chi connectivity index (χ2n) is 6.60. The molecule has 1 aliphatic rings. The summed E-state index contributed by atoms with van der Waals surface area (Å²) >= 11 is 0. The summed E-state index contributed by atoms with van der Waals surface area (Å²) in [5.41, 5.74) is 2.43. The van der Waals surface area contributed by atoms with Crippen molar-refractivity contribution < 1.29 is 9.53 Å². The first-order chi connectivity index (χ1) is 9.37. The Labute approximate surface area is 121 Å². The number of hydrogen-bond donors (Lipinski definition) is 1. The van der Waals surface area contributed by atoms with E-state index in [1.165, 1.54) is 24.0 Å². The quantitative estimate of drug-likeness (QED) is 0.919. The SMILES string of the molecule is C[C@@H](Oc1cccc2c1CCCC2)C(=O)NC(C)(C)C. The Balaban J connectivity index is 2.08. The summed E-state index contributed by atoms with van der Waals surface area (Å²) < 4.78 is 5.91. The van der Waals surface area contributed by atoms with Crippen LogP contribution >= 0.6 is 0 Å². The molecule has 1 aromatic carbocycles. The number of carbonyl (C=O) groups excluding carboxylic acids is 1. The molecule has 0 heterocycles. The highest BCUT2D eigenvalue weighted by Crippen LogP contribution is 2.30. The molecule has 1 aliphatic carbocycles. The average Bonchev–Trinajstić information content (AvgIpc) is 2.37. The van der Waals surface area contributed by atoms with Crippen LogP contribution in [0.5, 0.6) is 5.75 Å². The molecule has 0 saturated carbocycles. The molecule has 1 aromatic rings. The van der Waals surface area contributed by atoms with Crippen molar-refractivity contribution in [3.8, 4) is 5.75 Å². The van der Waals surface area contributed by atoms with Crippen LogP contribution in [0.3, 0.4) is 0 Å². The molecule has 110 valence electrons. The molecule has 0 radical (unpaired) electrons. The van der Waals surface area contributed by atoms with E-state index in [0.717, 1.165) is 18.6 Å². The van der Waals surface area contributed by atoms with Gasteiger partial charge in [-0.05, 0) is 70.6 Å². The van der Waals surface area contributed by atoms with Gasteiger partial charge in [0.2, 0.25) is 0 Å². The predicted octanol–water partition coefficient (Wildman–Crippen LogP) is 3.25. The van der Waals surface area contributed by atoms with Gasteiger partial charge in [-0.3, -0.25) is 4.79 Å². The Hall–Kier alpha value is -1.51. The van der Waals surface area contributed by atoms with Gasteiger partial charge in [0.1, 0.15) is 5.75 Å². The van der Waals surface area contributed by atoms with E-state index in [2.05, 4.69) is 11.4 Å². The summed E-state index contributed by atoms with van der Waals surface area (Å²) in [6, 6.07) is 6.17. The maximum atomic E-state index is 12.1. The molecular weight excluding hydrogens is 250 g/mol. The average molecular weight is 275 g/mol. The topological polar surface area (TPSA) is 38.3 Å². The van der Waals surface area contributed by atoms with Crippen LogP contribution in [0.25, 0.3) is 0 Å². The zero-order valence-electron chi connectivity index (χ0n) is 13.0. The van der Waals surface area contributed by atoms with Crippen molar-refractivity contribution >= 4 is 5.91 Å². The standard InChI is InChI=1S/C17H25NO2/c1-12(16(19)18-17(2,3)4)20-15-11-7-9-13-8-5-6-10-14(13)15/h7,9,11-12H,5-6,8,10H2,1-4H3,(H,18,19)/t12-/m1/s1. The van der Waals surface area contributed by atoms with Crippen molar-refractivity contribution in [3.63, 3.8) is 0 Å². The molecule has 1 amide bonds. The van der Waals surface area contributed by atoms with E-state index >= 15 is 0 Å². The Morgan fingerprint density at radius 2 is 1.95 bits per heavy atom. The lowest BCUT2D eigenvalue weighted by molar-refractivity contribution is -0.128. The number of carbonyl (C=O) groups is 1. The summed E-state index contributed by atoms with van der Waals surface area (Å²) in [6.07, 6.45) is 4.16. The number of nitrogens with one attached hydrogen (secondary N) is 1. The zero-order valence-corrected chi connectivity index (χ0v) is 13.0. The Bertz CT molecular complexity index is 488. The normalized spacial score (nSPS) is 16.2. The first-order valence-corrected chi connectivity index (χ1v) is 7.46. The van der Waals surface area contributed by atoms with Gasteiger partial charge in [0.25, 0.3) is 5.91 Å². The molecule has 0 fully saturated rings. The van der Waals surface area contributed by atoms with Crippen molar-refractivity contribution in [2.45, 2.75) is 65.0 Å². The molecule has 0 bridgehead atoms. The molecule has 0 unspecified atom stereocenters. The van der Waals surface area contributed by atoms with Crippen molar-refractivity contribution in [2.24, 2.45) is 0 Å². The Morgan fingerprint density at radius 1 is 1.25 bits per heavy atom. The van der Waals surface area contributed by atoms with Crippen molar-refractivity contribution in [1.29, 1.82) is 0 Å². The molecule has 2 rings (SSSR count). The molecule has 0 spiro atoms. The number of amides is 1.